The fourth-order valence-corrected chi connectivity index (χ4v) is 1.70. The van der Waals surface area contributed by atoms with Crippen LogP contribution in [0, 0.1) is 0 Å². The lowest BCUT2D eigenvalue weighted by molar-refractivity contribution is 0.151. The van der Waals surface area contributed by atoms with Crippen LogP contribution < -0.4 is 9.64 Å². The molecule has 0 aliphatic rings. The summed E-state index contributed by atoms with van der Waals surface area (Å²) in [5.74, 6) is 1.68. The second-order valence-electron chi connectivity index (χ2n) is 4.23. The summed E-state index contributed by atoms with van der Waals surface area (Å²) in [6.07, 6.45) is 0. The van der Waals surface area contributed by atoms with Crippen LogP contribution in [0.4, 0.5) is 5.69 Å². The van der Waals surface area contributed by atoms with Crippen molar-refractivity contribution in [2.45, 2.75) is 6.92 Å². The van der Waals surface area contributed by atoms with Gasteiger partial charge in [-0.25, -0.2) is 0 Å². The van der Waals surface area contributed by atoms with Crippen LogP contribution in [0.25, 0.3) is 0 Å². The molecule has 0 aliphatic carbocycles. The average Bonchev–Trinajstić information content (AvgIpc) is 2.46. The number of rotatable bonds is 6. The molecular formula is C16H19NO2. The fraction of sp³-hybridized carbons (Fsp3) is 0.250. The van der Waals surface area contributed by atoms with Crippen LogP contribution in [0.15, 0.2) is 54.6 Å². The predicted octanol–water partition coefficient (Wildman–Crippen LogP) is 3.91. The smallest absolute Gasteiger partial charge is 0.127 e. The van der Waals surface area contributed by atoms with Gasteiger partial charge in [-0.15, -0.1) is 0 Å². The molecule has 100 valence electrons. The lowest BCUT2D eigenvalue weighted by Crippen LogP contribution is -2.20. The molecule has 0 saturated heterocycles. The first-order valence-electron chi connectivity index (χ1n) is 6.41. The van der Waals surface area contributed by atoms with Gasteiger partial charge >= 0.3 is 0 Å². The van der Waals surface area contributed by atoms with Crippen molar-refractivity contribution in [2.24, 2.45) is 0 Å². The largest absolute Gasteiger partial charge is 0.457 e. The molecule has 19 heavy (non-hydrogen) atoms. The monoisotopic (exact) mass is 257 g/mol. The highest BCUT2D eigenvalue weighted by molar-refractivity contribution is 5.48. The van der Waals surface area contributed by atoms with E-state index in [9.17, 15) is 0 Å². The first kappa shape index (κ1) is 13.4. The minimum absolute atomic E-state index is 0.593. The van der Waals surface area contributed by atoms with E-state index in [1.807, 2.05) is 68.6 Å². The summed E-state index contributed by atoms with van der Waals surface area (Å²) >= 11 is 0. The summed E-state index contributed by atoms with van der Waals surface area (Å²) < 4.78 is 11.1. The molecule has 2 aromatic rings. The normalized spacial score (nSPS) is 10.2. The zero-order chi connectivity index (χ0) is 13.5. The van der Waals surface area contributed by atoms with Crippen molar-refractivity contribution in [3.8, 4) is 11.5 Å². The molecule has 0 unspecified atom stereocenters. The van der Waals surface area contributed by atoms with Crippen molar-refractivity contribution in [1.82, 2.24) is 0 Å². The number of para-hydroxylation sites is 1. The van der Waals surface area contributed by atoms with Crippen molar-refractivity contribution in [3.63, 3.8) is 0 Å². The lowest BCUT2D eigenvalue weighted by Gasteiger charge is -2.19. The molecule has 3 nitrogen and oxygen atoms in total. The summed E-state index contributed by atoms with van der Waals surface area (Å²) in [5.41, 5.74) is 1.11. The van der Waals surface area contributed by atoms with Crippen LogP contribution >= 0.6 is 0 Å². The summed E-state index contributed by atoms with van der Waals surface area (Å²) in [7, 11) is 2.00. The Morgan fingerprint density at radius 1 is 0.895 bits per heavy atom. The van der Waals surface area contributed by atoms with Gasteiger partial charge in [-0.3, -0.25) is 0 Å². The number of nitrogens with zero attached hydrogens (tertiary/aromatic N) is 1. The lowest BCUT2D eigenvalue weighted by atomic mass is 10.3. The maximum atomic E-state index is 5.74. The van der Waals surface area contributed by atoms with Crippen LogP contribution in [0.3, 0.4) is 0 Å². The average molecular weight is 257 g/mol. The molecule has 0 saturated carbocycles. The highest BCUT2D eigenvalue weighted by atomic mass is 16.5. The van der Waals surface area contributed by atoms with Gasteiger partial charge in [0.15, 0.2) is 0 Å². The van der Waals surface area contributed by atoms with Gasteiger partial charge < -0.3 is 14.4 Å². The van der Waals surface area contributed by atoms with E-state index in [1.165, 1.54) is 0 Å². The van der Waals surface area contributed by atoms with Crippen LogP contribution in [-0.2, 0) is 4.74 Å². The zero-order valence-corrected chi connectivity index (χ0v) is 11.4. The Morgan fingerprint density at radius 3 is 2.16 bits per heavy atom. The number of hydrogen-bond acceptors (Lipinski definition) is 3. The van der Waals surface area contributed by atoms with Crippen molar-refractivity contribution in [2.75, 3.05) is 25.3 Å². The van der Waals surface area contributed by atoms with Gasteiger partial charge in [-0.1, -0.05) is 18.2 Å². The Morgan fingerprint density at radius 2 is 1.53 bits per heavy atom. The fourth-order valence-electron chi connectivity index (χ4n) is 1.70. The number of benzene rings is 2. The molecule has 3 heteroatoms. The van der Waals surface area contributed by atoms with Crippen molar-refractivity contribution in [3.05, 3.63) is 54.6 Å². The van der Waals surface area contributed by atoms with E-state index in [0.29, 0.717) is 6.73 Å². The maximum absolute atomic E-state index is 5.74. The standard InChI is InChI=1S/C16H19NO2/c1-3-18-13-17(2)14-9-11-16(12-10-14)19-15-7-5-4-6-8-15/h4-12H,3,13H2,1-2H3. The van der Waals surface area contributed by atoms with Crippen LogP contribution in [0.5, 0.6) is 11.5 Å². The van der Waals surface area contributed by atoms with E-state index in [4.69, 9.17) is 9.47 Å². The molecule has 0 bridgehead atoms. The third-order valence-corrected chi connectivity index (χ3v) is 2.75. The Balaban J connectivity index is 1.98. The summed E-state index contributed by atoms with van der Waals surface area (Å²) in [4.78, 5) is 2.05. The number of ether oxygens (including phenoxy) is 2. The summed E-state index contributed by atoms with van der Waals surface area (Å²) in [6.45, 7) is 3.31. The molecular weight excluding hydrogens is 238 g/mol. The Hall–Kier alpha value is -2.00. The predicted molar refractivity (Wildman–Crippen MR) is 77.9 cm³/mol. The molecule has 2 rings (SSSR count). The van der Waals surface area contributed by atoms with Gasteiger partial charge in [0.25, 0.3) is 0 Å². The molecule has 0 aromatic heterocycles. The number of hydrogen-bond donors (Lipinski definition) is 0. The first-order valence-corrected chi connectivity index (χ1v) is 6.41. The second kappa shape index (κ2) is 6.81. The van der Waals surface area contributed by atoms with Crippen LogP contribution in [-0.4, -0.2) is 20.4 Å². The molecule has 0 aliphatic heterocycles. The molecule has 0 amide bonds. The Bertz CT molecular complexity index is 482. The molecule has 0 spiro atoms. The minimum Gasteiger partial charge on any atom is -0.457 e. The van der Waals surface area contributed by atoms with Gasteiger partial charge in [0, 0.05) is 19.3 Å². The van der Waals surface area contributed by atoms with E-state index in [1.54, 1.807) is 0 Å². The van der Waals surface area contributed by atoms with E-state index >= 15 is 0 Å². The van der Waals surface area contributed by atoms with Crippen LogP contribution in [0.1, 0.15) is 6.92 Å². The third-order valence-electron chi connectivity index (χ3n) is 2.75. The highest BCUT2D eigenvalue weighted by Crippen LogP contribution is 2.23. The molecule has 0 atom stereocenters. The van der Waals surface area contributed by atoms with Crippen LogP contribution in [0.2, 0.25) is 0 Å². The van der Waals surface area contributed by atoms with Crippen molar-refractivity contribution >= 4 is 5.69 Å². The van der Waals surface area contributed by atoms with Crippen molar-refractivity contribution < 1.29 is 9.47 Å². The van der Waals surface area contributed by atoms with Gasteiger partial charge in [0.05, 0.1) is 0 Å². The molecule has 0 heterocycles. The summed E-state index contributed by atoms with van der Waals surface area (Å²) in [5, 5.41) is 0. The highest BCUT2D eigenvalue weighted by Gasteiger charge is 2.01. The SMILES string of the molecule is CCOCN(C)c1ccc(Oc2ccccc2)cc1. The van der Waals surface area contributed by atoms with Crippen molar-refractivity contribution in [1.29, 1.82) is 0 Å². The summed E-state index contributed by atoms with van der Waals surface area (Å²) in [6, 6.07) is 17.7. The second-order valence-corrected chi connectivity index (χ2v) is 4.23. The van der Waals surface area contributed by atoms with Gasteiger partial charge in [0.2, 0.25) is 0 Å². The zero-order valence-electron chi connectivity index (χ0n) is 11.4. The molecule has 0 radical (unpaired) electrons. The topological polar surface area (TPSA) is 21.7 Å². The quantitative estimate of drug-likeness (QED) is 0.732. The maximum Gasteiger partial charge on any atom is 0.127 e. The third kappa shape index (κ3) is 4.00. The number of anilines is 1. The molecule has 0 N–H and O–H groups in total. The molecule has 0 fully saturated rings. The van der Waals surface area contributed by atoms with Gasteiger partial charge in [-0.2, -0.15) is 0 Å². The Labute approximate surface area is 114 Å². The Kier molecular flexibility index (Phi) is 4.81. The first-order chi connectivity index (χ1) is 9.29. The van der Waals surface area contributed by atoms with E-state index < -0.39 is 0 Å². The van der Waals surface area contributed by atoms with E-state index in [0.717, 1.165) is 23.8 Å². The van der Waals surface area contributed by atoms with Gasteiger partial charge in [0.1, 0.15) is 18.2 Å². The molecule has 2 aromatic carbocycles. The van der Waals surface area contributed by atoms with E-state index in [-0.39, 0.29) is 0 Å². The minimum atomic E-state index is 0.593. The van der Waals surface area contributed by atoms with Gasteiger partial charge in [-0.05, 0) is 43.3 Å². The van der Waals surface area contributed by atoms with E-state index in [2.05, 4.69) is 4.90 Å².